The van der Waals surface area contributed by atoms with E-state index in [1.54, 1.807) is 0 Å². The molecule has 0 aliphatic carbocycles. The lowest BCUT2D eigenvalue weighted by atomic mass is 10.2. The molecule has 0 aromatic heterocycles. The van der Waals surface area contributed by atoms with Crippen molar-refractivity contribution in [2.45, 2.75) is 39.7 Å². The minimum absolute atomic E-state index is 0.234. The molecule has 0 saturated carbocycles. The van der Waals surface area contributed by atoms with Crippen LogP contribution in [-0.2, 0) is 20.9 Å². The van der Waals surface area contributed by atoms with Crippen LogP contribution in [0.3, 0.4) is 0 Å². The van der Waals surface area contributed by atoms with Crippen LogP contribution in [0.25, 0.3) is 0 Å². The first kappa shape index (κ1) is 12.6. The molecule has 2 nitrogen and oxygen atoms in total. The lowest BCUT2D eigenvalue weighted by molar-refractivity contribution is 0.188. The highest BCUT2D eigenvalue weighted by molar-refractivity contribution is 8.09. The van der Waals surface area contributed by atoms with Crippen LogP contribution in [0.5, 0.6) is 0 Å². The van der Waals surface area contributed by atoms with Crippen molar-refractivity contribution in [2.75, 3.05) is 13.3 Å². The molecule has 0 N–H and O–H groups in total. The van der Waals surface area contributed by atoms with E-state index in [9.17, 15) is 0 Å². The third-order valence-corrected chi connectivity index (χ3v) is 3.47. The Morgan fingerprint density at radius 1 is 1.42 bits per heavy atom. The average Bonchev–Trinajstić information content (AvgIpc) is 1.85. The fourth-order valence-corrected chi connectivity index (χ4v) is 3.10. The van der Waals surface area contributed by atoms with Crippen LogP contribution in [0.15, 0.2) is 0 Å². The van der Waals surface area contributed by atoms with Gasteiger partial charge in [0.2, 0.25) is 0 Å². The van der Waals surface area contributed by atoms with E-state index in [2.05, 4.69) is 6.92 Å². The van der Waals surface area contributed by atoms with Gasteiger partial charge in [0.1, 0.15) is 0 Å². The molecule has 0 radical (unpaired) electrons. The molecule has 0 aromatic rings. The maximum absolute atomic E-state index is 5.62. The minimum atomic E-state index is -1.95. The molecule has 0 aliphatic rings. The van der Waals surface area contributed by atoms with Crippen molar-refractivity contribution in [1.29, 1.82) is 0 Å². The Labute approximate surface area is 80.8 Å². The Bertz CT molecular complexity index is 161. The van der Waals surface area contributed by atoms with Gasteiger partial charge < -0.3 is 9.05 Å². The predicted octanol–water partition coefficient (Wildman–Crippen LogP) is 3.17. The summed E-state index contributed by atoms with van der Waals surface area (Å²) < 4.78 is 11.0. The largest absolute Gasteiger partial charge is 0.330 e. The van der Waals surface area contributed by atoms with Crippen molar-refractivity contribution < 1.29 is 9.05 Å². The Hall–Kier alpha value is 0.570. The van der Waals surface area contributed by atoms with Crippen LogP contribution in [0.4, 0.5) is 0 Å². The summed E-state index contributed by atoms with van der Waals surface area (Å²) >= 11 is 5.20. The predicted molar refractivity (Wildman–Crippen MR) is 57.3 cm³/mol. The standard InChI is InChI=1S/C8H19O2PS/c1-5-7-8(3)10-11(4,12)9-6-2/h8H,5-7H2,1-4H3. The highest BCUT2D eigenvalue weighted by Gasteiger charge is 2.14. The zero-order valence-electron chi connectivity index (χ0n) is 8.37. The lowest BCUT2D eigenvalue weighted by Gasteiger charge is -2.21. The smallest absolute Gasteiger partial charge is 0.185 e. The zero-order chi connectivity index (χ0) is 9.61. The molecule has 0 rings (SSSR count). The van der Waals surface area contributed by atoms with Crippen molar-refractivity contribution in [3.63, 3.8) is 0 Å². The summed E-state index contributed by atoms with van der Waals surface area (Å²) in [5.41, 5.74) is 0. The summed E-state index contributed by atoms with van der Waals surface area (Å²) in [4.78, 5) is 0. The van der Waals surface area contributed by atoms with Crippen molar-refractivity contribution in [3.8, 4) is 0 Å². The summed E-state index contributed by atoms with van der Waals surface area (Å²) in [6.45, 7) is 6.72. The molecule has 2 unspecified atom stereocenters. The second kappa shape index (κ2) is 6.09. The van der Waals surface area contributed by atoms with Crippen LogP contribution >= 0.6 is 6.49 Å². The highest BCUT2D eigenvalue weighted by atomic mass is 32.5. The molecule has 0 spiro atoms. The van der Waals surface area contributed by atoms with Gasteiger partial charge >= 0.3 is 0 Å². The normalized spacial score (nSPS) is 18.7. The molecular formula is C8H19O2PS. The molecule has 0 heterocycles. The van der Waals surface area contributed by atoms with Gasteiger partial charge in [0.15, 0.2) is 6.49 Å². The Morgan fingerprint density at radius 2 is 2.00 bits per heavy atom. The van der Waals surface area contributed by atoms with Gasteiger partial charge in [-0.15, -0.1) is 0 Å². The fraction of sp³-hybridized carbons (Fsp3) is 1.00. The second-order valence-corrected chi connectivity index (χ2v) is 6.90. The number of hydrogen-bond donors (Lipinski definition) is 0. The van der Waals surface area contributed by atoms with Gasteiger partial charge in [-0.05, 0) is 32.1 Å². The van der Waals surface area contributed by atoms with Crippen molar-refractivity contribution >= 4 is 18.3 Å². The van der Waals surface area contributed by atoms with E-state index in [1.807, 2.05) is 20.5 Å². The summed E-state index contributed by atoms with van der Waals surface area (Å²) in [6.07, 6.45) is 2.42. The third kappa shape index (κ3) is 6.13. The zero-order valence-corrected chi connectivity index (χ0v) is 10.1. The van der Waals surface area contributed by atoms with E-state index in [0.29, 0.717) is 6.61 Å². The molecule has 12 heavy (non-hydrogen) atoms. The van der Waals surface area contributed by atoms with E-state index in [4.69, 9.17) is 20.9 Å². The first-order valence-electron chi connectivity index (χ1n) is 4.42. The Morgan fingerprint density at radius 3 is 2.42 bits per heavy atom. The topological polar surface area (TPSA) is 18.5 Å². The number of rotatable bonds is 6. The fourth-order valence-electron chi connectivity index (χ4n) is 1.05. The van der Waals surface area contributed by atoms with Gasteiger partial charge in [0.05, 0.1) is 12.7 Å². The molecule has 0 amide bonds. The monoisotopic (exact) mass is 210 g/mol. The molecule has 0 saturated heterocycles. The van der Waals surface area contributed by atoms with Gasteiger partial charge in [-0.1, -0.05) is 13.3 Å². The molecule has 0 aliphatic heterocycles. The van der Waals surface area contributed by atoms with Gasteiger partial charge in [-0.3, -0.25) is 0 Å². The van der Waals surface area contributed by atoms with Crippen molar-refractivity contribution in [2.24, 2.45) is 0 Å². The van der Waals surface area contributed by atoms with Gasteiger partial charge in [-0.25, -0.2) is 0 Å². The Kier molecular flexibility index (Phi) is 6.38. The molecule has 0 fully saturated rings. The minimum Gasteiger partial charge on any atom is -0.330 e. The van der Waals surface area contributed by atoms with E-state index >= 15 is 0 Å². The molecule has 2 atom stereocenters. The van der Waals surface area contributed by atoms with Crippen LogP contribution in [0.1, 0.15) is 33.6 Å². The summed E-state index contributed by atoms with van der Waals surface area (Å²) in [6, 6.07) is 0. The van der Waals surface area contributed by atoms with E-state index in [1.165, 1.54) is 0 Å². The molecule has 4 heteroatoms. The lowest BCUT2D eigenvalue weighted by Crippen LogP contribution is -2.06. The molecular weight excluding hydrogens is 191 g/mol. The molecule has 0 bridgehead atoms. The summed E-state index contributed by atoms with van der Waals surface area (Å²) in [7, 11) is 0. The second-order valence-electron chi connectivity index (χ2n) is 2.89. The maximum Gasteiger partial charge on any atom is 0.185 e. The van der Waals surface area contributed by atoms with E-state index in [0.717, 1.165) is 12.8 Å². The van der Waals surface area contributed by atoms with E-state index < -0.39 is 6.49 Å². The summed E-state index contributed by atoms with van der Waals surface area (Å²) in [5, 5.41) is 0. The van der Waals surface area contributed by atoms with Crippen LogP contribution in [0.2, 0.25) is 0 Å². The first-order chi connectivity index (χ1) is 5.52. The first-order valence-corrected chi connectivity index (χ1v) is 7.50. The Balaban J connectivity index is 3.79. The van der Waals surface area contributed by atoms with Gasteiger partial charge in [0, 0.05) is 6.66 Å². The van der Waals surface area contributed by atoms with Crippen molar-refractivity contribution in [3.05, 3.63) is 0 Å². The van der Waals surface area contributed by atoms with Crippen molar-refractivity contribution in [1.82, 2.24) is 0 Å². The SMILES string of the molecule is CCCC(C)OP(C)(=S)OCC. The van der Waals surface area contributed by atoms with Crippen LogP contribution in [-0.4, -0.2) is 19.4 Å². The third-order valence-electron chi connectivity index (χ3n) is 1.43. The molecule has 0 aromatic carbocycles. The van der Waals surface area contributed by atoms with Gasteiger partial charge in [0.25, 0.3) is 0 Å². The van der Waals surface area contributed by atoms with Gasteiger partial charge in [-0.2, -0.15) is 0 Å². The maximum atomic E-state index is 5.62. The summed E-state index contributed by atoms with van der Waals surface area (Å²) in [5.74, 6) is 0. The van der Waals surface area contributed by atoms with Crippen LogP contribution in [0, 0.1) is 0 Å². The quantitative estimate of drug-likeness (QED) is 0.627. The molecule has 74 valence electrons. The average molecular weight is 210 g/mol. The van der Waals surface area contributed by atoms with Crippen LogP contribution < -0.4 is 0 Å². The van der Waals surface area contributed by atoms with E-state index in [-0.39, 0.29) is 6.10 Å². The highest BCUT2D eigenvalue weighted by Crippen LogP contribution is 2.45. The number of hydrogen-bond acceptors (Lipinski definition) is 3.